The molecule has 2 aromatic heterocycles. The van der Waals surface area contributed by atoms with Crippen LogP contribution in [0.4, 0.5) is 4.79 Å². The molecule has 0 aliphatic carbocycles. The van der Waals surface area contributed by atoms with Gasteiger partial charge in [0.2, 0.25) is 5.89 Å². The van der Waals surface area contributed by atoms with Crippen molar-refractivity contribution in [3.05, 3.63) is 71.7 Å². The summed E-state index contributed by atoms with van der Waals surface area (Å²) in [7, 11) is 0. The van der Waals surface area contributed by atoms with Gasteiger partial charge in [-0.1, -0.05) is 36.4 Å². The molecule has 3 heterocycles. The van der Waals surface area contributed by atoms with E-state index >= 15 is 0 Å². The minimum absolute atomic E-state index is 0.280. The first-order valence-electron chi connectivity index (χ1n) is 8.65. The van der Waals surface area contributed by atoms with Gasteiger partial charge in [0, 0.05) is 32.1 Å². The van der Waals surface area contributed by atoms with Gasteiger partial charge in [-0.2, -0.15) is 0 Å². The van der Waals surface area contributed by atoms with E-state index in [9.17, 15) is 4.79 Å². The third-order valence-electron chi connectivity index (χ3n) is 4.35. The second-order valence-corrected chi connectivity index (χ2v) is 6.13. The molecule has 1 aromatic carbocycles. The van der Waals surface area contributed by atoms with Crippen LogP contribution in [0.2, 0.25) is 0 Å². The maximum absolute atomic E-state index is 12.3. The highest BCUT2D eigenvalue weighted by Gasteiger charge is 2.24. The number of hydrogen-bond donors (Lipinski definition) is 0. The van der Waals surface area contributed by atoms with Crippen molar-refractivity contribution in [2.24, 2.45) is 0 Å². The Bertz CT molecular complexity index is 852. The normalized spacial score (nSPS) is 13.8. The van der Waals surface area contributed by atoms with Crippen molar-refractivity contribution in [2.45, 2.75) is 19.4 Å². The van der Waals surface area contributed by atoms with Crippen molar-refractivity contribution < 1.29 is 13.9 Å². The number of ether oxygens (including phenoxy) is 1. The molecule has 0 saturated heterocycles. The largest absolute Gasteiger partial charge is 0.445 e. The molecule has 3 aromatic rings. The molecular weight excluding hydrogens is 330 g/mol. The van der Waals surface area contributed by atoms with E-state index in [0.717, 1.165) is 22.7 Å². The second kappa shape index (κ2) is 7.39. The average Bonchev–Trinajstić information content (AvgIpc) is 3.01. The highest BCUT2D eigenvalue weighted by Crippen LogP contribution is 2.23. The van der Waals surface area contributed by atoms with Gasteiger partial charge >= 0.3 is 6.09 Å². The number of fused-ring (bicyclic) bond motifs is 1. The lowest BCUT2D eigenvalue weighted by atomic mass is 10.2. The van der Waals surface area contributed by atoms with Crippen LogP contribution in [0.1, 0.15) is 17.0 Å². The first kappa shape index (κ1) is 16.3. The Morgan fingerprint density at radius 1 is 1.08 bits per heavy atom. The summed E-state index contributed by atoms with van der Waals surface area (Å²) in [6.07, 6.45) is 2.68. The molecule has 0 atom stereocenters. The standard InChI is InChI=1S/C20H19N3O3/c24-20(25-14-15-6-2-1-3-7-15)23-12-9-16-18(10-13-23)26-19(22-16)17-8-4-5-11-21-17/h1-8,11H,9-10,12-14H2. The van der Waals surface area contributed by atoms with Crippen molar-refractivity contribution in [3.63, 3.8) is 0 Å². The van der Waals surface area contributed by atoms with Crippen LogP contribution < -0.4 is 0 Å². The Morgan fingerprint density at radius 3 is 2.69 bits per heavy atom. The average molecular weight is 349 g/mol. The quantitative estimate of drug-likeness (QED) is 0.724. The SMILES string of the molecule is O=C(OCc1ccccc1)N1CCc2nc(-c3ccccn3)oc2CC1. The first-order valence-corrected chi connectivity index (χ1v) is 8.65. The zero-order valence-electron chi connectivity index (χ0n) is 14.3. The van der Waals surface area contributed by atoms with Crippen LogP contribution >= 0.6 is 0 Å². The summed E-state index contributed by atoms with van der Waals surface area (Å²) in [5, 5.41) is 0. The zero-order chi connectivity index (χ0) is 17.8. The van der Waals surface area contributed by atoms with Crippen molar-refractivity contribution in [3.8, 4) is 11.6 Å². The number of aromatic nitrogens is 2. The highest BCUT2D eigenvalue weighted by atomic mass is 16.6. The summed E-state index contributed by atoms with van der Waals surface area (Å²) in [5.41, 5.74) is 2.59. The van der Waals surface area contributed by atoms with E-state index in [4.69, 9.17) is 9.15 Å². The highest BCUT2D eigenvalue weighted by molar-refractivity contribution is 5.67. The molecule has 6 nitrogen and oxygen atoms in total. The Kier molecular flexibility index (Phi) is 4.64. The number of nitrogens with zero attached hydrogens (tertiary/aromatic N) is 3. The molecule has 0 radical (unpaired) electrons. The number of pyridine rings is 1. The van der Waals surface area contributed by atoms with E-state index < -0.39 is 0 Å². The molecule has 0 spiro atoms. The van der Waals surface area contributed by atoms with Crippen LogP contribution in [0, 0.1) is 0 Å². The van der Waals surface area contributed by atoms with Gasteiger partial charge in [0.15, 0.2) is 0 Å². The van der Waals surface area contributed by atoms with Crippen LogP contribution in [-0.4, -0.2) is 34.1 Å². The monoisotopic (exact) mass is 349 g/mol. The number of oxazole rings is 1. The molecular formula is C20H19N3O3. The van der Waals surface area contributed by atoms with Crippen LogP contribution in [0.15, 0.2) is 59.1 Å². The Labute approximate surface area is 151 Å². The van der Waals surface area contributed by atoms with Crippen molar-refractivity contribution in [1.82, 2.24) is 14.9 Å². The molecule has 0 bridgehead atoms. The molecule has 26 heavy (non-hydrogen) atoms. The molecule has 1 aliphatic rings. The van der Waals surface area contributed by atoms with Crippen LogP contribution in [0.3, 0.4) is 0 Å². The maximum Gasteiger partial charge on any atom is 0.410 e. The third-order valence-corrected chi connectivity index (χ3v) is 4.35. The van der Waals surface area contributed by atoms with Gasteiger partial charge in [-0.05, 0) is 17.7 Å². The lowest BCUT2D eigenvalue weighted by molar-refractivity contribution is 0.0974. The van der Waals surface area contributed by atoms with Crippen LogP contribution in [0.25, 0.3) is 11.6 Å². The maximum atomic E-state index is 12.3. The summed E-state index contributed by atoms with van der Waals surface area (Å²) >= 11 is 0. The lowest BCUT2D eigenvalue weighted by Gasteiger charge is -2.19. The molecule has 0 saturated carbocycles. The first-order chi connectivity index (χ1) is 12.8. The molecule has 0 unspecified atom stereocenters. The Hall–Kier alpha value is -3.15. The number of amides is 1. The van der Waals surface area contributed by atoms with Gasteiger partial charge in [-0.15, -0.1) is 0 Å². The smallest absolute Gasteiger partial charge is 0.410 e. The summed E-state index contributed by atoms with van der Waals surface area (Å²) in [5.74, 6) is 1.36. The zero-order valence-corrected chi connectivity index (χ0v) is 14.3. The molecule has 1 amide bonds. The van der Waals surface area contributed by atoms with E-state index in [1.165, 1.54) is 0 Å². The fourth-order valence-corrected chi connectivity index (χ4v) is 2.96. The van der Waals surface area contributed by atoms with Gasteiger partial charge in [-0.25, -0.2) is 9.78 Å². The Morgan fingerprint density at radius 2 is 1.88 bits per heavy atom. The molecule has 6 heteroatoms. The predicted molar refractivity (Wildman–Crippen MR) is 95.3 cm³/mol. The number of rotatable bonds is 3. The fraction of sp³-hybridized carbons (Fsp3) is 0.250. The minimum atomic E-state index is -0.302. The minimum Gasteiger partial charge on any atom is -0.445 e. The number of hydrogen-bond acceptors (Lipinski definition) is 5. The predicted octanol–water partition coefficient (Wildman–Crippen LogP) is 3.47. The van der Waals surface area contributed by atoms with Crippen LogP contribution in [0.5, 0.6) is 0 Å². The summed E-state index contributed by atoms with van der Waals surface area (Å²) < 4.78 is 11.3. The summed E-state index contributed by atoms with van der Waals surface area (Å²) in [6, 6.07) is 15.3. The van der Waals surface area contributed by atoms with Gasteiger partial charge in [0.25, 0.3) is 0 Å². The lowest BCUT2D eigenvalue weighted by Crippen LogP contribution is -2.33. The van der Waals surface area contributed by atoms with E-state index in [1.807, 2.05) is 48.5 Å². The number of carbonyl (C=O) groups excluding carboxylic acids is 1. The van der Waals surface area contributed by atoms with Gasteiger partial charge in [0.05, 0.1) is 5.69 Å². The number of benzene rings is 1. The number of carbonyl (C=O) groups is 1. The molecule has 0 N–H and O–H groups in total. The van der Waals surface area contributed by atoms with E-state index in [0.29, 0.717) is 31.8 Å². The van der Waals surface area contributed by atoms with Crippen molar-refractivity contribution in [2.75, 3.05) is 13.1 Å². The summed E-state index contributed by atoms with van der Waals surface area (Å²) in [4.78, 5) is 22.9. The van der Waals surface area contributed by atoms with Crippen molar-refractivity contribution in [1.29, 1.82) is 0 Å². The topological polar surface area (TPSA) is 68.5 Å². The van der Waals surface area contributed by atoms with Crippen LogP contribution in [-0.2, 0) is 24.2 Å². The molecule has 1 aliphatic heterocycles. The fourth-order valence-electron chi connectivity index (χ4n) is 2.96. The van der Waals surface area contributed by atoms with E-state index in [2.05, 4.69) is 9.97 Å². The van der Waals surface area contributed by atoms with Crippen molar-refractivity contribution >= 4 is 6.09 Å². The third kappa shape index (κ3) is 3.59. The van der Waals surface area contributed by atoms with Gasteiger partial charge < -0.3 is 14.1 Å². The second-order valence-electron chi connectivity index (χ2n) is 6.13. The van der Waals surface area contributed by atoms with Gasteiger partial charge in [-0.3, -0.25) is 4.98 Å². The molecule has 4 rings (SSSR count). The summed E-state index contributed by atoms with van der Waals surface area (Å²) in [6.45, 7) is 1.40. The van der Waals surface area contributed by atoms with E-state index in [1.54, 1.807) is 11.1 Å². The van der Waals surface area contributed by atoms with Gasteiger partial charge in [0.1, 0.15) is 18.1 Å². The Balaban J connectivity index is 1.38. The molecule has 132 valence electrons. The van der Waals surface area contributed by atoms with E-state index in [-0.39, 0.29) is 12.7 Å². The molecule has 0 fully saturated rings.